The summed E-state index contributed by atoms with van der Waals surface area (Å²) in [7, 11) is 0. The van der Waals surface area contributed by atoms with Crippen LogP contribution in [-0.4, -0.2) is 22.3 Å². The van der Waals surface area contributed by atoms with Crippen LogP contribution in [0.15, 0.2) is 76.2 Å². The number of rotatable bonds is 8. The number of hydrogen-bond donors (Lipinski definition) is 1. The van der Waals surface area contributed by atoms with Gasteiger partial charge in [0.25, 0.3) is 11.6 Å². The highest BCUT2D eigenvalue weighted by molar-refractivity contribution is 7.99. The molecule has 8 heteroatoms. The van der Waals surface area contributed by atoms with Gasteiger partial charge in [0.15, 0.2) is 0 Å². The predicted octanol–water partition coefficient (Wildman–Crippen LogP) is 4.63. The summed E-state index contributed by atoms with van der Waals surface area (Å²) in [5.41, 5.74) is 4.40. The van der Waals surface area contributed by atoms with Crippen LogP contribution in [0.3, 0.4) is 0 Å². The van der Waals surface area contributed by atoms with Crippen molar-refractivity contribution in [1.82, 2.24) is 5.43 Å². The molecule has 1 heterocycles. The first-order valence-corrected chi connectivity index (χ1v) is 9.91. The van der Waals surface area contributed by atoms with E-state index in [2.05, 4.69) is 10.5 Å². The van der Waals surface area contributed by atoms with E-state index < -0.39 is 4.92 Å². The van der Waals surface area contributed by atoms with Crippen LogP contribution >= 0.6 is 11.8 Å². The van der Waals surface area contributed by atoms with Crippen molar-refractivity contribution in [3.63, 3.8) is 0 Å². The third-order valence-electron chi connectivity index (χ3n) is 4.07. The fourth-order valence-corrected chi connectivity index (χ4v) is 3.29. The van der Waals surface area contributed by atoms with E-state index in [1.807, 2.05) is 37.3 Å². The minimum atomic E-state index is -0.453. The van der Waals surface area contributed by atoms with Crippen molar-refractivity contribution >= 4 is 29.6 Å². The van der Waals surface area contributed by atoms with E-state index in [0.717, 1.165) is 11.3 Å². The molecule has 1 amide bonds. The number of amides is 1. The van der Waals surface area contributed by atoms with Gasteiger partial charge in [-0.2, -0.15) is 5.10 Å². The van der Waals surface area contributed by atoms with E-state index >= 15 is 0 Å². The fourth-order valence-electron chi connectivity index (χ4n) is 2.45. The molecule has 3 rings (SSSR count). The lowest BCUT2D eigenvalue weighted by Crippen LogP contribution is -2.26. The van der Waals surface area contributed by atoms with E-state index in [4.69, 9.17) is 4.42 Å². The van der Waals surface area contributed by atoms with Gasteiger partial charge < -0.3 is 4.42 Å². The van der Waals surface area contributed by atoms with E-state index in [9.17, 15) is 14.9 Å². The topological polar surface area (TPSA) is 97.7 Å². The Morgan fingerprint density at radius 1 is 1.17 bits per heavy atom. The van der Waals surface area contributed by atoms with Gasteiger partial charge >= 0.3 is 0 Å². The zero-order valence-electron chi connectivity index (χ0n) is 15.6. The lowest BCUT2D eigenvalue weighted by atomic mass is 10.1. The number of thioether (sulfide) groups is 1. The number of carbonyl (C=O) groups excluding carboxylic acids is 1. The molecule has 0 bridgehead atoms. The fraction of sp³-hybridized carbons (Fsp3) is 0.143. The number of carbonyl (C=O) groups is 1. The van der Waals surface area contributed by atoms with E-state index in [1.165, 1.54) is 30.1 Å². The van der Waals surface area contributed by atoms with Gasteiger partial charge in [-0.1, -0.05) is 30.3 Å². The van der Waals surface area contributed by atoms with Crippen LogP contribution in [-0.2, 0) is 10.5 Å². The Labute approximate surface area is 172 Å². The van der Waals surface area contributed by atoms with Crippen molar-refractivity contribution in [2.45, 2.75) is 17.9 Å². The highest BCUT2D eigenvalue weighted by Crippen LogP contribution is 2.24. The van der Waals surface area contributed by atoms with E-state index in [0.29, 0.717) is 17.1 Å². The van der Waals surface area contributed by atoms with Gasteiger partial charge in [0.05, 0.1) is 16.4 Å². The second kappa shape index (κ2) is 9.70. The van der Waals surface area contributed by atoms with Crippen molar-refractivity contribution < 1.29 is 14.1 Å². The predicted molar refractivity (Wildman–Crippen MR) is 114 cm³/mol. The molecule has 7 nitrogen and oxygen atoms in total. The highest BCUT2D eigenvalue weighted by Gasteiger charge is 2.13. The molecule has 3 aromatic rings. The Hall–Kier alpha value is -3.39. The second-order valence-electron chi connectivity index (χ2n) is 6.18. The lowest BCUT2D eigenvalue weighted by Gasteiger charge is -2.09. The molecular weight excluding hydrogens is 390 g/mol. The molecule has 0 spiro atoms. The summed E-state index contributed by atoms with van der Waals surface area (Å²) in [6, 6.07) is 19.5. The Bertz CT molecular complexity index is 1000. The first kappa shape index (κ1) is 20.3. The molecule has 29 heavy (non-hydrogen) atoms. The maximum atomic E-state index is 12.1. The molecule has 1 N–H and O–H groups in total. The SMILES string of the molecule is C[C@H](SCc1ccccc1)C(=O)N/N=C\c1ccc(-c2ccc([N+](=O)[O-])cc2)o1. The van der Waals surface area contributed by atoms with Crippen molar-refractivity contribution in [2.75, 3.05) is 0 Å². The third-order valence-corrected chi connectivity index (χ3v) is 5.28. The molecule has 0 aliphatic rings. The van der Waals surface area contributed by atoms with Crippen LogP contribution in [0.25, 0.3) is 11.3 Å². The average molecular weight is 409 g/mol. The number of furan rings is 1. The summed E-state index contributed by atoms with van der Waals surface area (Å²) < 4.78 is 5.64. The Kier molecular flexibility index (Phi) is 6.80. The monoisotopic (exact) mass is 409 g/mol. The molecule has 0 unspecified atom stereocenters. The lowest BCUT2D eigenvalue weighted by molar-refractivity contribution is -0.384. The van der Waals surface area contributed by atoms with Gasteiger partial charge in [-0.3, -0.25) is 14.9 Å². The van der Waals surface area contributed by atoms with Crippen LogP contribution < -0.4 is 5.43 Å². The van der Waals surface area contributed by atoms with Crippen molar-refractivity contribution in [1.29, 1.82) is 0 Å². The molecule has 0 saturated heterocycles. The van der Waals surface area contributed by atoms with Crippen LogP contribution in [0.5, 0.6) is 0 Å². The molecule has 0 fully saturated rings. The number of hydrazone groups is 1. The summed E-state index contributed by atoms with van der Waals surface area (Å²) in [5, 5.41) is 14.4. The maximum absolute atomic E-state index is 12.1. The molecule has 0 saturated carbocycles. The average Bonchev–Trinajstić information content (AvgIpc) is 3.21. The smallest absolute Gasteiger partial charge is 0.269 e. The Morgan fingerprint density at radius 2 is 1.90 bits per heavy atom. The molecule has 148 valence electrons. The summed E-state index contributed by atoms with van der Waals surface area (Å²) in [6.07, 6.45) is 1.42. The summed E-state index contributed by atoms with van der Waals surface area (Å²) in [5.74, 6) is 1.57. The molecule has 0 aliphatic carbocycles. The van der Waals surface area contributed by atoms with Gasteiger partial charge in [-0.15, -0.1) is 11.8 Å². The summed E-state index contributed by atoms with van der Waals surface area (Å²) >= 11 is 1.53. The van der Waals surface area contributed by atoms with Gasteiger partial charge in [-0.05, 0) is 36.8 Å². The summed E-state index contributed by atoms with van der Waals surface area (Å²) in [6.45, 7) is 1.83. The number of nitrogens with zero attached hydrogens (tertiary/aromatic N) is 2. The standard InChI is InChI=1S/C21H19N3O4S/c1-15(29-14-16-5-3-2-4-6-16)21(25)23-22-13-19-11-12-20(28-19)17-7-9-18(10-8-17)24(26)27/h2-13,15H,14H2,1H3,(H,23,25)/b22-13-/t15-/m0/s1. The van der Waals surface area contributed by atoms with Gasteiger partial charge in [0.1, 0.15) is 11.5 Å². The van der Waals surface area contributed by atoms with Gasteiger partial charge in [-0.25, -0.2) is 5.43 Å². The Balaban J connectivity index is 1.51. The minimum Gasteiger partial charge on any atom is -0.455 e. The molecule has 1 atom stereocenters. The van der Waals surface area contributed by atoms with Crippen LogP contribution in [0, 0.1) is 10.1 Å². The quantitative estimate of drug-likeness (QED) is 0.332. The molecule has 0 aliphatic heterocycles. The van der Waals surface area contributed by atoms with Crippen LogP contribution in [0.4, 0.5) is 5.69 Å². The number of hydrogen-bond acceptors (Lipinski definition) is 6. The zero-order valence-corrected chi connectivity index (χ0v) is 16.5. The van der Waals surface area contributed by atoms with Gasteiger partial charge in [0.2, 0.25) is 0 Å². The number of benzene rings is 2. The Morgan fingerprint density at radius 3 is 2.59 bits per heavy atom. The molecule has 2 aromatic carbocycles. The zero-order chi connectivity index (χ0) is 20.6. The molecular formula is C21H19N3O4S. The molecule has 1 aromatic heterocycles. The van der Waals surface area contributed by atoms with Crippen LogP contribution in [0.2, 0.25) is 0 Å². The first-order chi connectivity index (χ1) is 14.0. The number of nitrogens with one attached hydrogen (secondary N) is 1. The first-order valence-electron chi connectivity index (χ1n) is 8.86. The van der Waals surface area contributed by atoms with E-state index in [-0.39, 0.29) is 16.8 Å². The largest absolute Gasteiger partial charge is 0.455 e. The van der Waals surface area contributed by atoms with Crippen molar-refractivity contribution in [3.8, 4) is 11.3 Å². The second-order valence-corrected chi connectivity index (χ2v) is 7.51. The maximum Gasteiger partial charge on any atom is 0.269 e. The third kappa shape index (κ3) is 5.79. The highest BCUT2D eigenvalue weighted by atomic mass is 32.2. The van der Waals surface area contributed by atoms with Crippen LogP contribution in [0.1, 0.15) is 18.2 Å². The summed E-state index contributed by atoms with van der Waals surface area (Å²) in [4.78, 5) is 22.4. The number of non-ortho nitro benzene ring substituents is 1. The minimum absolute atomic E-state index is 0.0176. The van der Waals surface area contributed by atoms with Crippen molar-refractivity contribution in [3.05, 3.63) is 88.2 Å². The normalized spacial score (nSPS) is 12.0. The van der Waals surface area contributed by atoms with E-state index in [1.54, 1.807) is 24.3 Å². The van der Waals surface area contributed by atoms with Gasteiger partial charge in [0, 0.05) is 23.4 Å². The number of nitro benzene ring substituents is 1. The molecule has 0 radical (unpaired) electrons. The number of nitro groups is 1. The van der Waals surface area contributed by atoms with Crippen molar-refractivity contribution in [2.24, 2.45) is 5.10 Å².